The van der Waals surface area contributed by atoms with Gasteiger partial charge in [-0.2, -0.15) is 9.97 Å². The Morgan fingerprint density at radius 1 is 0.833 bits per heavy atom. The smallest absolute Gasteiger partial charge is 0.323 e. The molecule has 0 fully saturated rings. The van der Waals surface area contributed by atoms with E-state index in [9.17, 15) is 0 Å². The van der Waals surface area contributed by atoms with Gasteiger partial charge in [0.1, 0.15) is 20.0 Å². The van der Waals surface area contributed by atoms with E-state index in [1.54, 1.807) is 12.2 Å². The molecule has 0 spiro atoms. The van der Waals surface area contributed by atoms with Crippen molar-refractivity contribution in [2.24, 2.45) is 0 Å². The Kier molecular flexibility index (Phi) is 17.9. The first-order chi connectivity index (χ1) is 11.7. The van der Waals surface area contributed by atoms with Crippen LogP contribution in [0.3, 0.4) is 0 Å². The van der Waals surface area contributed by atoms with E-state index in [0.29, 0.717) is 19.0 Å². The molecule has 6 nitrogen and oxygen atoms in total. The van der Waals surface area contributed by atoms with Crippen molar-refractivity contribution in [3.8, 4) is 12.0 Å². The van der Waals surface area contributed by atoms with E-state index in [0.717, 1.165) is 0 Å². The first-order valence-electron chi connectivity index (χ1n) is 7.51. The quantitative estimate of drug-likeness (QED) is 0.640. The van der Waals surface area contributed by atoms with Crippen LogP contribution in [-0.2, 0) is 4.79 Å². The molecule has 0 aromatic carbocycles. The standard InChI is InChI=1S/C11H13N3O2.C6H12.CH2O/c1-4-7-15-10-12-9(6-3)13-11(14-10)16-8-5-2;1-3-5-6-4-2;1-2/h4-6H,1-3,7-8H2;5-6H,3-4H2,1-2H3;1H2/b;6-5-;. The molecule has 0 aliphatic rings. The van der Waals surface area contributed by atoms with E-state index in [4.69, 9.17) is 14.3 Å². The molecule has 1 aromatic heterocycles. The number of nitrogens with zero attached hydrogens (tertiary/aromatic N) is 3. The summed E-state index contributed by atoms with van der Waals surface area (Å²) in [6.45, 7) is 17.6. The van der Waals surface area contributed by atoms with Crippen LogP contribution in [0.15, 0.2) is 44.0 Å². The molecular weight excluding hydrogens is 306 g/mol. The summed E-state index contributed by atoms with van der Waals surface area (Å²) in [6.07, 6.45) is 11.4. The molecule has 1 rings (SSSR count). The summed E-state index contributed by atoms with van der Waals surface area (Å²) in [7, 11) is 0. The maximum atomic E-state index is 8.00. The zero-order valence-electron chi connectivity index (χ0n) is 14.6. The number of rotatable bonds is 9. The largest absolute Gasteiger partial charge is 0.459 e. The Labute approximate surface area is 144 Å². The highest BCUT2D eigenvalue weighted by molar-refractivity contribution is 5.36. The van der Waals surface area contributed by atoms with Crippen LogP contribution in [-0.4, -0.2) is 35.0 Å². The SMILES string of the molecule is C=CCOc1nc(C=C)nc(OCC=C)n1.C=O.CC/C=C\CC. The Bertz CT molecular complexity index is 466. The summed E-state index contributed by atoms with van der Waals surface area (Å²) in [5, 5.41) is 0. The van der Waals surface area contributed by atoms with Crippen LogP contribution >= 0.6 is 0 Å². The predicted molar refractivity (Wildman–Crippen MR) is 98.1 cm³/mol. The fraction of sp³-hybridized carbons (Fsp3) is 0.333. The zero-order valence-corrected chi connectivity index (χ0v) is 14.6. The Balaban J connectivity index is 0. The van der Waals surface area contributed by atoms with Crippen molar-refractivity contribution in [1.82, 2.24) is 15.0 Å². The van der Waals surface area contributed by atoms with Gasteiger partial charge in [-0.05, 0) is 18.9 Å². The molecule has 0 N–H and O–H groups in total. The molecule has 0 saturated heterocycles. The van der Waals surface area contributed by atoms with Crippen molar-refractivity contribution in [1.29, 1.82) is 0 Å². The average Bonchev–Trinajstić information content (AvgIpc) is 2.64. The van der Waals surface area contributed by atoms with Gasteiger partial charge in [-0.1, -0.05) is 57.9 Å². The van der Waals surface area contributed by atoms with Gasteiger partial charge in [-0.15, -0.1) is 4.98 Å². The van der Waals surface area contributed by atoms with Crippen LogP contribution in [0.25, 0.3) is 6.08 Å². The second-order valence-electron chi connectivity index (χ2n) is 3.95. The minimum atomic E-state index is 0.184. The monoisotopic (exact) mass is 333 g/mol. The summed E-state index contributed by atoms with van der Waals surface area (Å²) in [5.41, 5.74) is 0. The molecular formula is C18H27N3O3. The molecule has 1 aromatic rings. The van der Waals surface area contributed by atoms with Gasteiger partial charge in [-0.3, -0.25) is 0 Å². The molecule has 0 amide bonds. The molecule has 24 heavy (non-hydrogen) atoms. The van der Waals surface area contributed by atoms with E-state index in [2.05, 4.69) is 60.7 Å². The van der Waals surface area contributed by atoms with Crippen LogP contribution in [0, 0.1) is 0 Å². The second-order valence-corrected chi connectivity index (χ2v) is 3.95. The fourth-order valence-corrected chi connectivity index (χ4v) is 1.17. The molecule has 0 radical (unpaired) electrons. The summed E-state index contributed by atoms with van der Waals surface area (Å²) < 4.78 is 10.4. The lowest BCUT2D eigenvalue weighted by atomic mass is 10.4. The van der Waals surface area contributed by atoms with Gasteiger partial charge < -0.3 is 14.3 Å². The van der Waals surface area contributed by atoms with Gasteiger partial charge in [-0.25, -0.2) is 0 Å². The lowest BCUT2D eigenvalue weighted by Gasteiger charge is -2.05. The van der Waals surface area contributed by atoms with Crippen molar-refractivity contribution >= 4 is 12.9 Å². The minimum absolute atomic E-state index is 0.184. The summed E-state index contributed by atoms with van der Waals surface area (Å²) in [4.78, 5) is 19.9. The van der Waals surface area contributed by atoms with E-state index >= 15 is 0 Å². The number of hydrogen-bond acceptors (Lipinski definition) is 6. The molecule has 0 unspecified atom stereocenters. The van der Waals surface area contributed by atoms with E-state index in [1.807, 2.05) is 6.79 Å². The van der Waals surface area contributed by atoms with E-state index < -0.39 is 0 Å². The third-order valence-electron chi connectivity index (χ3n) is 2.09. The normalized spacial score (nSPS) is 8.92. The van der Waals surface area contributed by atoms with E-state index in [-0.39, 0.29) is 12.0 Å². The summed E-state index contributed by atoms with van der Waals surface area (Å²) in [6, 6.07) is 0.368. The maximum absolute atomic E-state index is 8.00. The molecule has 1 heterocycles. The third-order valence-corrected chi connectivity index (χ3v) is 2.09. The lowest BCUT2D eigenvalue weighted by Crippen LogP contribution is -2.05. The number of carbonyl (C=O) groups is 1. The molecule has 0 aliphatic heterocycles. The van der Waals surface area contributed by atoms with Crippen LogP contribution < -0.4 is 9.47 Å². The van der Waals surface area contributed by atoms with Gasteiger partial charge in [0.25, 0.3) is 0 Å². The molecule has 0 atom stereocenters. The fourth-order valence-electron chi connectivity index (χ4n) is 1.17. The number of hydrogen-bond donors (Lipinski definition) is 0. The van der Waals surface area contributed by atoms with Crippen molar-refractivity contribution in [3.63, 3.8) is 0 Å². The van der Waals surface area contributed by atoms with Crippen molar-refractivity contribution in [3.05, 3.63) is 49.9 Å². The third kappa shape index (κ3) is 12.9. The van der Waals surface area contributed by atoms with E-state index in [1.165, 1.54) is 18.9 Å². The Morgan fingerprint density at radius 2 is 1.25 bits per heavy atom. The first-order valence-corrected chi connectivity index (χ1v) is 7.51. The van der Waals surface area contributed by atoms with Gasteiger partial charge in [0.15, 0.2) is 5.82 Å². The first kappa shape index (κ1) is 23.5. The van der Waals surface area contributed by atoms with Gasteiger partial charge >= 0.3 is 12.0 Å². The second kappa shape index (κ2) is 18.3. The molecule has 6 heteroatoms. The highest BCUT2D eigenvalue weighted by atomic mass is 16.5. The molecule has 132 valence electrons. The summed E-state index contributed by atoms with van der Waals surface area (Å²) >= 11 is 0. The predicted octanol–water partition coefficient (Wildman–Crippen LogP) is 3.82. The van der Waals surface area contributed by atoms with Crippen LogP contribution in [0.1, 0.15) is 32.5 Å². The maximum Gasteiger partial charge on any atom is 0.323 e. The Hall–Kier alpha value is -2.76. The van der Waals surface area contributed by atoms with Crippen LogP contribution in [0.4, 0.5) is 0 Å². The molecule has 0 saturated carbocycles. The number of aromatic nitrogens is 3. The zero-order chi connectivity index (χ0) is 18.6. The van der Waals surface area contributed by atoms with Gasteiger partial charge in [0, 0.05) is 0 Å². The number of allylic oxidation sites excluding steroid dienone is 2. The average molecular weight is 333 g/mol. The number of carbonyl (C=O) groups excluding carboxylic acids is 1. The van der Waals surface area contributed by atoms with Gasteiger partial charge in [0.2, 0.25) is 0 Å². The molecule has 0 aliphatic carbocycles. The van der Waals surface area contributed by atoms with Crippen LogP contribution in [0.5, 0.6) is 12.0 Å². The van der Waals surface area contributed by atoms with Crippen molar-refractivity contribution < 1.29 is 14.3 Å². The van der Waals surface area contributed by atoms with Gasteiger partial charge in [0.05, 0.1) is 0 Å². The minimum Gasteiger partial charge on any atom is -0.459 e. The highest BCUT2D eigenvalue weighted by Crippen LogP contribution is 2.10. The molecule has 0 bridgehead atoms. The van der Waals surface area contributed by atoms with Crippen molar-refractivity contribution in [2.45, 2.75) is 26.7 Å². The lowest BCUT2D eigenvalue weighted by molar-refractivity contribution is -0.0979. The Morgan fingerprint density at radius 3 is 1.54 bits per heavy atom. The van der Waals surface area contributed by atoms with Crippen molar-refractivity contribution in [2.75, 3.05) is 13.2 Å². The topological polar surface area (TPSA) is 74.2 Å². The van der Waals surface area contributed by atoms with Crippen LogP contribution in [0.2, 0.25) is 0 Å². The number of ether oxygens (including phenoxy) is 2. The summed E-state index contributed by atoms with van der Waals surface area (Å²) in [5.74, 6) is 0.396. The highest BCUT2D eigenvalue weighted by Gasteiger charge is 2.05.